The van der Waals surface area contributed by atoms with Crippen molar-refractivity contribution in [2.45, 2.75) is 86.7 Å². The Labute approximate surface area is 164 Å². The highest BCUT2D eigenvalue weighted by molar-refractivity contribution is 7.89. The van der Waals surface area contributed by atoms with Gasteiger partial charge in [0.1, 0.15) is 0 Å². The summed E-state index contributed by atoms with van der Waals surface area (Å²) in [6, 6.07) is 8.86. The second kappa shape index (κ2) is 8.17. The standard InChI is InChI=1S/C20H30N2O2S.ClH/c1-22(19-13-17-9-10-18(14-19)21-17)25(23,24)20-11-7-16(8-12-20)15-5-3-2-4-6-15;/h7-8,11-12,15,17-19,21H,2-6,9-10,13-14H2,1H3;1H. The van der Waals surface area contributed by atoms with Gasteiger partial charge in [-0.2, -0.15) is 4.31 Å². The van der Waals surface area contributed by atoms with Gasteiger partial charge in [0, 0.05) is 25.2 Å². The lowest BCUT2D eigenvalue weighted by Gasteiger charge is -2.34. The highest BCUT2D eigenvalue weighted by atomic mass is 35.5. The molecule has 1 N–H and O–H groups in total. The number of rotatable bonds is 4. The summed E-state index contributed by atoms with van der Waals surface area (Å²) in [6.45, 7) is 0. The Morgan fingerprint density at radius 3 is 2.08 bits per heavy atom. The molecule has 3 aliphatic rings. The van der Waals surface area contributed by atoms with Crippen LogP contribution in [0.15, 0.2) is 29.2 Å². The van der Waals surface area contributed by atoms with Crippen molar-refractivity contribution in [2.24, 2.45) is 0 Å². The van der Waals surface area contributed by atoms with Crippen molar-refractivity contribution in [1.82, 2.24) is 9.62 Å². The molecular formula is C20H31ClN2O2S. The highest BCUT2D eigenvalue weighted by Gasteiger charge is 2.38. The fourth-order valence-corrected chi connectivity index (χ4v) is 6.41. The minimum atomic E-state index is -3.40. The van der Waals surface area contributed by atoms with Crippen LogP contribution in [0.2, 0.25) is 0 Å². The van der Waals surface area contributed by atoms with E-state index in [1.807, 2.05) is 24.3 Å². The minimum absolute atomic E-state index is 0. The fraction of sp³-hybridized carbons (Fsp3) is 0.700. The molecule has 6 heteroatoms. The van der Waals surface area contributed by atoms with E-state index in [9.17, 15) is 8.42 Å². The van der Waals surface area contributed by atoms with Gasteiger partial charge in [0.25, 0.3) is 0 Å². The van der Waals surface area contributed by atoms with E-state index < -0.39 is 10.0 Å². The van der Waals surface area contributed by atoms with Crippen LogP contribution in [0.4, 0.5) is 0 Å². The zero-order chi connectivity index (χ0) is 17.4. The van der Waals surface area contributed by atoms with Crippen molar-refractivity contribution < 1.29 is 8.42 Å². The van der Waals surface area contributed by atoms with Crippen LogP contribution in [0, 0.1) is 0 Å². The molecule has 4 nitrogen and oxygen atoms in total. The predicted molar refractivity (Wildman–Crippen MR) is 107 cm³/mol. The molecule has 1 aromatic rings. The lowest BCUT2D eigenvalue weighted by Crippen LogP contribution is -2.48. The molecule has 2 unspecified atom stereocenters. The molecule has 2 saturated heterocycles. The van der Waals surface area contributed by atoms with Crippen molar-refractivity contribution in [3.05, 3.63) is 29.8 Å². The smallest absolute Gasteiger partial charge is 0.243 e. The highest BCUT2D eigenvalue weighted by Crippen LogP contribution is 2.34. The normalized spacial score (nSPS) is 29.5. The van der Waals surface area contributed by atoms with E-state index in [2.05, 4.69) is 5.32 Å². The number of hydrogen-bond acceptors (Lipinski definition) is 3. The Balaban J connectivity index is 0.00000196. The van der Waals surface area contributed by atoms with E-state index in [1.165, 1.54) is 50.5 Å². The molecule has 2 heterocycles. The van der Waals surface area contributed by atoms with Crippen LogP contribution in [0.25, 0.3) is 0 Å². The second-order valence-electron chi connectivity index (χ2n) is 8.19. The van der Waals surface area contributed by atoms with Crippen molar-refractivity contribution in [2.75, 3.05) is 7.05 Å². The van der Waals surface area contributed by atoms with E-state index in [4.69, 9.17) is 0 Å². The first-order chi connectivity index (χ1) is 12.0. The lowest BCUT2D eigenvalue weighted by atomic mass is 9.84. The van der Waals surface area contributed by atoms with Crippen molar-refractivity contribution in [3.63, 3.8) is 0 Å². The van der Waals surface area contributed by atoms with Gasteiger partial charge >= 0.3 is 0 Å². The number of hydrogen-bond donors (Lipinski definition) is 1. The molecule has 1 saturated carbocycles. The number of piperidine rings is 1. The summed E-state index contributed by atoms with van der Waals surface area (Å²) in [4.78, 5) is 0.445. The Kier molecular flexibility index (Phi) is 6.33. The SMILES string of the molecule is CN(C1CC2CCC(C1)N2)S(=O)(=O)c1ccc(C2CCCCC2)cc1.Cl. The van der Waals surface area contributed by atoms with Crippen molar-refractivity contribution in [1.29, 1.82) is 0 Å². The van der Waals surface area contributed by atoms with Crippen LogP contribution >= 0.6 is 12.4 Å². The maximum atomic E-state index is 13.1. The van der Waals surface area contributed by atoms with Gasteiger partial charge in [0.05, 0.1) is 4.90 Å². The van der Waals surface area contributed by atoms with E-state index in [1.54, 1.807) is 11.4 Å². The van der Waals surface area contributed by atoms with Crippen LogP contribution in [0.5, 0.6) is 0 Å². The topological polar surface area (TPSA) is 49.4 Å². The van der Waals surface area contributed by atoms with Gasteiger partial charge < -0.3 is 5.32 Å². The average molecular weight is 399 g/mol. The zero-order valence-electron chi connectivity index (χ0n) is 15.6. The van der Waals surface area contributed by atoms with Crippen LogP contribution < -0.4 is 5.32 Å². The van der Waals surface area contributed by atoms with Crippen molar-refractivity contribution >= 4 is 22.4 Å². The number of nitrogens with one attached hydrogen (secondary N) is 1. The Bertz CT molecular complexity index is 689. The van der Waals surface area contributed by atoms with E-state index >= 15 is 0 Å². The third-order valence-corrected chi connectivity index (χ3v) is 8.52. The van der Waals surface area contributed by atoms with E-state index in [-0.39, 0.29) is 18.4 Å². The van der Waals surface area contributed by atoms with Gasteiger partial charge in [-0.15, -0.1) is 12.4 Å². The lowest BCUT2D eigenvalue weighted by molar-refractivity contribution is 0.251. The molecule has 0 radical (unpaired) electrons. The fourth-order valence-electron chi connectivity index (χ4n) is 5.03. The van der Waals surface area contributed by atoms with Crippen LogP contribution in [0.3, 0.4) is 0 Å². The Hall–Kier alpha value is -0.620. The number of fused-ring (bicyclic) bond motifs is 2. The molecule has 3 fully saturated rings. The second-order valence-corrected chi connectivity index (χ2v) is 10.2. The maximum Gasteiger partial charge on any atom is 0.243 e. The molecule has 2 bridgehead atoms. The third kappa shape index (κ3) is 3.96. The molecule has 146 valence electrons. The van der Waals surface area contributed by atoms with Crippen molar-refractivity contribution in [3.8, 4) is 0 Å². The Morgan fingerprint density at radius 2 is 1.50 bits per heavy atom. The average Bonchev–Trinajstić information content (AvgIpc) is 2.99. The Morgan fingerprint density at radius 1 is 0.923 bits per heavy atom. The van der Waals surface area contributed by atoms with Gasteiger partial charge in [0.15, 0.2) is 0 Å². The number of sulfonamides is 1. The number of nitrogens with zero attached hydrogens (tertiary/aromatic N) is 1. The summed E-state index contributed by atoms with van der Waals surface area (Å²) in [6.07, 6.45) is 10.7. The van der Waals surface area contributed by atoms with Gasteiger partial charge in [0.2, 0.25) is 10.0 Å². The summed E-state index contributed by atoms with van der Waals surface area (Å²) in [5.41, 5.74) is 1.31. The zero-order valence-corrected chi connectivity index (χ0v) is 17.2. The van der Waals surface area contributed by atoms with Crippen LogP contribution in [-0.2, 0) is 10.0 Å². The number of halogens is 1. The molecule has 2 atom stereocenters. The molecule has 2 aliphatic heterocycles. The molecule has 0 amide bonds. The molecule has 26 heavy (non-hydrogen) atoms. The van der Waals surface area contributed by atoms with Gasteiger partial charge in [-0.05, 0) is 62.1 Å². The summed E-state index contributed by atoms with van der Waals surface area (Å²) >= 11 is 0. The summed E-state index contributed by atoms with van der Waals surface area (Å²) in [5.74, 6) is 0.614. The van der Waals surface area contributed by atoms with Crippen LogP contribution in [-0.4, -0.2) is 37.9 Å². The summed E-state index contributed by atoms with van der Waals surface area (Å²) < 4.78 is 27.8. The molecule has 0 aromatic heterocycles. The van der Waals surface area contributed by atoms with E-state index in [0.717, 1.165) is 12.8 Å². The first-order valence-electron chi connectivity index (χ1n) is 9.88. The quantitative estimate of drug-likeness (QED) is 0.831. The molecule has 4 rings (SSSR count). The van der Waals surface area contributed by atoms with Gasteiger partial charge in [-0.1, -0.05) is 31.4 Å². The summed E-state index contributed by atoms with van der Waals surface area (Å²) in [7, 11) is -1.64. The first-order valence-corrected chi connectivity index (χ1v) is 11.3. The van der Waals surface area contributed by atoms with Gasteiger partial charge in [-0.25, -0.2) is 8.42 Å². The first kappa shape index (κ1) is 20.1. The molecule has 1 aromatic carbocycles. The summed E-state index contributed by atoms with van der Waals surface area (Å²) in [5, 5.41) is 3.59. The predicted octanol–water partition coefficient (Wildman–Crippen LogP) is 4.06. The van der Waals surface area contributed by atoms with Gasteiger partial charge in [-0.3, -0.25) is 0 Å². The molecule has 1 aliphatic carbocycles. The molecule has 0 spiro atoms. The maximum absolute atomic E-state index is 13.1. The molecular weight excluding hydrogens is 368 g/mol. The largest absolute Gasteiger partial charge is 0.311 e. The number of benzene rings is 1. The minimum Gasteiger partial charge on any atom is -0.311 e. The third-order valence-electron chi connectivity index (χ3n) is 6.60. The van der Waals surface area contributed by atoms with E-state index in [0.29, 0.717) is 22.9 Å². The monoisotopic (exact) mass is 398 g/mol. The van der Waals surface area contributed by atoms with Crippen LogP contribution in [0.1, 0.15) is 69.3 Å².